The Bertz CT molecular complexity index is 776. The molecule has 1 atom stereocenters. The third kappa shape index (κ3) is 2.42. The van der Waals surface area contributed by atoms with E-state index in [1.165, 1.54) is 17.5 Å². The first kappa shape index (κ1) is 13.5. The summed E-state index contributed by atoms with van der Waals surface area (Å²) in [5, 5.41) is 0. The van der Waals surface area contributed by atoms with E-state index in [0.29, 0.717) is 6.04 Å². The summed E-state index contributed by atoms with van der Waals surface area (Å²) in [6.07, 6.45) is 1.20. The first-order valence-electron chi connectivity index (χ1n) is 8.01. The third-order valence-corrected chi connectivity index (χ3v) is 4.63. The fraction of sp³-hybridized carbons (Fsp3) is 0.316. The summed E-state index contributed by atoms with van der Waals surface area (Å²) in [4.78, 5) is 7.26. The molecule has 1 saturated heterocycles. The molecule has 0 bridgehead atoms. The van der Waals surface area contributed by atoms with Gasteiger partial charge in [0.1, 0.15) is 5.82 Å². The molecule has 2 heterocycles. The molecule has 3 aromatic rings. The lowest BCUT2D eigenvalue weighted by Gasteiger charge is -2.18. The average Bonchev–Trinajstić information content (AvgIpc) is 3.11. The lowest BCUT2D eigenvalue weighted by Crippen LogP contribution is -2.21. The smallest absolute Gasteiger partial charge is 0.107 e. The van der Waals surface area contributed by atoms with Crippen molar-refractivity contribution in [3.8, 4) is 0 Å². The van der Waals surface area contributed by atoms with Crippen LogP contribution in [0, 0.1) is 6.92 Å². The van der Waals surface area contributed by atoms with Crippen LogP contribution in [0.15, 0.2) is 54.6 Å². The highest BCUT2D eigenvalue weighted by Crippen LogP contribution is 2.28. The van der Waals surface area contributed by atoms with Crippen LogP contribution in [0.3, 0.4) is 0 Å². The summed E-state index contributed by atoms with van der Waals surface area (Å²) in [5.74, 6) is 1.13. The summed E-state index contributed by atoms with van der Waals surface area (Å²) < 4.78 is 2.43. The van der Waals surface area contributed by atoms with Gasteiger partial charge in [-0.25, -0.2) is 4.98 Å². The Hall–Kier alpha value is -2.13. The number of likely N-dealkylation sites (tertiary alicyclic amines) is 1. The Balaban J connectivity index is 1.56. The van der Waals surface area contributed by atoms with E-state index >= 15 is 0 Å². The van der Waals surface area contributed by atoms with Gasteiger partial charge in [0.05, 0.1) is 11.0 Å². The Labute approximate surface area is 131 Å². The minimum atomic E-state index is 0.538. The number of nitrogens with zero attached hydrogens (tertiary/aromatic N) is 3. The van der Waals surface area contributed by atoms with Gasteiger partial charge in [-0.1, -0.05) is 42.5 Å². The third-order valence-electron chi connectivity index (χ3n) is 4.63. The molecule has 0 saturated carbocycles. The van der Waals surface area contributed by atoms with E-state index in [0.717, 1.165) is 31.0 Å². The highest BCUT2D eigenvalue weighted by atomic mass is 15.2. The molecular weight excluding hydrogens is 270 g/mol. The summed E-state index contributed by atoms with van der Waals surface area (Å²) in [7, 11) is 0. The van der Waals surface area contributed by atoms with Gasteiger partial charge >= 0.3 is 0 Å². The van der Waals surface area contributed by atoms with Crippen molar-refractivity contribution in [3.63, 3.8) is 0 Å². The van der Waals surface area contributed by atoms with Gasteiger partial charge in [0.15, 0.2) is 0 Å². The second-order valence-electron chi connectivity index (χ2n) is 6.18. The van der Waals surface area contributed by atoms with Gasteiger partial charge in [0.25, 0.3) is 0 Å². The highest BCUT2D eigenvalue weighted by molar-refractivity contribution is 5.76. The molecule has 3 nitrogen and oxygen atoms in total. The van der Waals surface area contributed by atoms with Crippen LogP contribution in [0.4, 0.5) is 0 Å². The fourth-order valence-electron chi connectivity index (χ4n) is 3.63. The number of benzene rings is 2. The van der Waals surface area contributed by atoms with Crippen LogP contribution in [0.5, 0.6) is 0 Å². The van der Waals surface area contributed by atoms with Crippen LogP contribution < -0.4 is 0 Å². The van der Waals surface area contributed by atoms with Crippen molar-refractivity contribution in [2.75, 3.05) is 13.1 Å². The summed E-state index contributed by atoms with van der Waals surface area (Å²) in [6, 6.07) is 19.8. The zero-order valence-corrected chi connectivity index (χ0v) is 12.9. The molecule has 0 aliphatic carbocycles. The molecule has 0 amide bonds. The molecule has 3 heteroatoms. The number of aryl methyl sites for hydroxylation is 1. The number of para-hydroxylation sites is 2. The molecule has 1 fully saturated rings. The number of fused-ring (bicyclic) bond motifs is 1. The minimum absolute atomic E-state index is 0.538. The molecule has 1 unspecified atom stereocenters. The molecule has 22 heavy (non-hydrogen) atoms. The SMILES string of the molecule is Cc1nc2ccccc2n1C1CCN(Cc2ccccc2)C1. The van der Waals surface area contributed by atoms with Crippen LogP contribution >= 0.6 is 0 Å². The molecule has 0 radical (unpaired) electrons. The lowest BCUT2D eigenvalue weighted by atomic mass is 10.2. The minimum Gasteiger partial charge on any atom is -0.324 e. The first-order chi connectivity index (χ1) is 10.8. The van der Waals surface area contributed by atoms with Gasteiger partial charge in [-0.3, -0.25) is 4.90 Å². The predicted octanol–water partition coefficient (Wildman–Crippen LogP) is 3.79. The zero-order valence-electron chi connectivity index (χ0n) is 12.9. The number of hydrogen-bond donors (Lipinski definition) is 0. The van der Waals surface area contributed by atoms with Crippen LogP contribution in [0.2, 0.25) is 0 Å². The molecule has 112 valence electrons. The van der Waals surface area contributed by atoms with E-state index in [4.69, 9.17) is 4.98 Å². The van der Waals surface area contributed by atoms with E-state index in [2.05, 4.69) is 71.0 Å². The topological polar surface area (TPSA) is 21.1 Å². The quantitative estimate of drug-likeness (QED) is 0.732. The van der Waals surface area contributed by atoms with E-state index < -0.39 is 0 Å². The molecule has 0 spiro atoms. The van der Waals surface area contributed by atoms with E-state index in [9.17, 15) is 0 Å². The van der Waals surface area contributed by atoms with Crippen molar-refractivity contribution in [3.05, 3.63) is 66.0 Å². The van der Waals surface area contributed by atoms with Gasteiger partial charge in [0, 0.05) is 25.7 Å². The Morgan fingerprint density at radius 3 is 2.68 bits per heavy atom. The van der Waals surface area contributed by atoms with Crippen molar-refractivity contribution < 1.29 is 0 Å². The van der Waals surface area contributed by atoms with E-state index in [-0.39, 0.29) is 0 Å². The number of imidazole rings is 1. The van der Waals surface area contributed by atoms with Crippen molar-refractivity contribution in [2.45, 2.75) is 25.9 Å². The molecule has 1 aromatic heterocycles. The van der Waals surface area contributed by atoms with Gasteiger partial charge < -0.3 is 4.57 Å². The van der Waals surface area contributed by atoms with Gasteiger partial charge in [-0.2, -0.15) is 0 Å². The fourth-order valence-corrected chi connectivity index (χ4v) is 3.63. The lowest BCUT2D eigenvalue weighted by molar-refractivity contribution is 0.316. The molecular formula is C19H21N3. The maximum Gasteiger partial charge on any atom is 0.107 e. The van der Waals surface area contributed by atoms with Crippen molar-refractivity contribution >= 4 is 11.0 Å². The van der Waals surface area contributed by atoms with Gasteiger partial charge in [-0.05, 0) is 31.0 Å². The molecule has 1 aliphatic heterocycles. The number of rotatable bonds is 3. The van der Waals surface area contributed by atoms with Crippen molar-refractivity contribution in [1.82, 2.24) is 14.5 Å². The van der Waals surface area contributed by atoms with Crippen LogP contribution in [-0.2, 0) is 6.54 Å². The summed E-state index contributed by atoms with van der Waals surface area (Å²) >= 11 is 0. The number of hydrogen-bond acceptors (Lipinski definition) is 2. The maximum absolute atomic E-state index is 4.71. The summed E-state index contributed by atoms with van der Waals surface area (Å²) in [5.41, 5.74) is 3.78. The van der Waals surface area contributed by atoms with Crippen molar-refractivity contribution in [2.24, 2.45) is 0 Å². The van der Waals surface area contributed by atoms with Crippen LogP contribution in [0.1, 0.15) is 23.9 Å². The normalized spacial score (nSPS) is 19.0. The summed E-state index contributed by atoms with van der Waals surface area (Å²) in [6.45, 7) is 5.43. The second-order valence-corrected chi connectivity index (χ2v) is 6.18. The van der Waals surface area contributed by atoms with Crippen LogP contribution in [-0.4, -0.2) is 27.5 Å². The van der Waals surface area contributed by atoms with Gasteiger partial charge in [0.2, 0.25) is 0 Å². The molecule has 2 aromatic carbocycles. The largest absolute Gasteiger partial charge is 0.324 e. The molecule has 4 rings (SSSR count). The average molecular weight is 291 g/mol. The van der Waals surface area contributed by atoms with E-state index in [1.807, 2.05) is 0 Å². The molecule has 0 N–H and O–H groups in total. The monoisotopic (exact) mass is 291 g/mol. The van der Waals surface area contributed by atoms with Crippen LogP contribution in [0.25, 0.3) is 11.0 Å². The maximum atomic E-state index is 4.71. The van der Waals surface area contributed by atoms with Gasteiger partial charge in [-0.15, -0.1) is 0 Å². The Morgan fingerprint density at radius 1 is 1.05 bits per heavy atom. The van der Waals surface area contributed by atoms with Crippen molar-refractivity contribution in [1.29, 1.82) is 0 Å². The highest BCUT2D eigenvalue weighted by Gasteiger charge is 2.26. The number of aromatic nitrogens is 2. The zero-order chi connectivity index (χ0) is 14.9. The predicted molar refractivity (Wildman–Crippen MR) is 89.8 cm³/mol. The second kappa shape index (κ2) is 5.58. The standard InChI is InChI=1S/C19H21N3/c1-15-20-18-9-5-6-10-19(18)22(15)17-11-12-21(14-17)13-16-7-3-2-4-8-16/h2-10,17H,11-14H2,1H3. The Morgan fingerprint density at radius 2 is 1.82 bits per heavy atom. The first-order valence-corrected chi connectivity index (χ1v) is 8.01. The molecule has 1 aliphatic rings. The van der Waals surface area contributed by atoms with E-state index in [1.54, 1.807) is 0 Å². The Kier molecular flexibility index (Phi) is 3.43.